The standard InChI is InChI=1S/C13H26O5/c1-3-4-5-6-13(14)18-12-11-17-10-9-16-8-7-15-2/h3-12H2,1-2H3. The van der Waals surface area contributed by atoms with Gasteiger partial charge in [-0.25, -0.2) is 0 Å². The molecule has 0 atom stereocenters. The van der Waals surface area contributed by atoms with E-state index < -0.39 is 0 Å². The lowest BCUT2D eigenvalue weighted by Crippen LogP contribution is -2.13. The number of rotatable bonds is 13. The van der Waals surface area contributed by atoms with E-state index in [0.29, 0.717) is 46.1 Å². The highest BCUT2D eigenvalue weighted by atomic mass is 16.6. The quantitative estimate of drug-likeness (QED) is 0.374. The van der Waals surface area contributed by atoms with E-state index in [2.05, 4.69) is 6.92 Å². The minimum Gasteiger partial charge on any atom is -0.463 e. The predicted octanol–water partition coefficient (Wildman–Crippen LogP) is 1.79. The van der Waals surface area contributed by atoms with Gasteiger partial charge >= 0.3 is 5.97 Å². The molecule has 0 spiro atoms. The lowest BCUT2D eigenvalue weighted by atomic mass is 10.2. The van der Waals surface area contributed by atoms with Gasteiger partial charge in [0.25, 0.3) is 0 Å². The topological polar surface area (TPSA) is 54.0 Å². The van der Waals surface area contributed by atoms with Gasteiger partial charge in [0.2, 0.25) is 0 Å². The highest BCUT2D eigenvalue weighted by Crippen LogP contribution is 2.00. The Morgan fingerprint density at radius 1 is 0.889 bits per heavy atom. The van der Waals surface area contributed by atoms with Crippen LogP contribution in [-0.2, 0) is 23.7 Å². The summed E-state index contributed by atoms with van der Waals surface area (Å²) in [5, 5.41) is 0. The molecular weight excluding hydrogens is 236 g/mol. The van der Waals surface area contributed by atoms with E-state index >= 15 is 0 Å². The third-order valence-corrected chi connectivity index (χ3v) is 2.28. The zero-order chi connectivity index (χ0) is 13.5. The van der Waals surface area contributed by atoms with Gasteiger partial charge < -0.3 is 18.9 Å². The first-order chi connectivity index (χ1) is 8.81. The second kappa shape index (κ2) is 14.4. The SMILES string of the molecule is CCCCCC(=O)OCCOCCOCCOC. The monoisotopic (exact) mass is 262 g/mol. The summed E-state index contributed by atoms with van der Waals surface area (Å²) in [7, 11) is 1.63. The first-order valence-electron chi connectivity index (χ1n) is 6.61. The van der Waals surface area contributed by atoms with Crippen LogP contribution in [-0.4, -0.2) is 52.7 Å². The maximum absolute atomic E-state index is 11.2. The molecule has 0 aliphatic rings. The summed E-state index contributed by atoms with van der Waals surface area (Å²) in [5.74, 6) is -0.136. The van der Waals surface area contributed by atoms with Crippen molar-refractivity contribution in [1.82, 2.24) is 0 Å². The molecule has 0 aliphatic heterocycles. The maximum Gasteiger partial charge on any atom is 0.305 e. The van der Waals surface area contributed by atoms with E-state index in [4.69, 9.17) is 18.9 Å². The van der Waals surface area contributed by atoms with Crippen LogP contribution in [0.25, 0.3) is 0 Å². The first kappa shape index (κ1) is 17.4. The summed E-state index contributed by atoms with van der Waals surface area (Å²) in [5.41, 5.74) is 0. The van der Waals surface area contributed by atoms with Crippen molar-refractivity contribution < 1.29 is 23.7 Å². The second-order valence-electron chi connectivity index (χ2n) is 3.90. The van der Waals surface area contributed by atoms with Gasteiger partial charge in [-0.15, -0.1) is 0 Å². The van der Waals surface area contributed by atoms with Crippen molar-refractivity contribution in [3.8, 4) is 0 Å². The number of hydrogen-bond donors (Lipinski definition) is 0. The molecule has 0 aliphatic carbocycles. The molecule has 0 aromatic rings. The van der Waals surface area contributed by atoms with E-state index in [1.54, 1.807) is 7.11 Å². The number of carbonyl (C=O) groups excluding carboxylic acids is 1. The molecule has 108 valence electrons. The largest absolute Gasteiger partial charge is 0.463 e. The van der Waals surface area contributed by atoms with Crippen LogP contribution in [0.15, 0.2) is 0 Å². The highest BCUT2D eigenvalue weighted by Gasteiger charge is 2.01. The van der Waals surface area contributed by atoms with Crippen LogP contribution in [0, 0.1) is 0 Å². The van der Waals surface area contributed by atoms with Gasteiger partial charge in [-0.2, -0.15) is 0 Å². The second-order valence-corrected chi connectivity index (χ2v) is 3.90. The fourth-order valence-corrected chi connectivity index (χ4v) is 1.27. The van der Waals surface area contributed by atoms with Crippen LogP contribution in [0.5, 0.6) is 0 Å². The minimum absolute atomic E-state index is 0.136. The van der Waals surface area contributed by atoms with Crippen molar-refractivity contribution in [2.45, 2.75) is 32.6 Å². The minimum atomic E-state index is -0.136. The zero-order valence-corrected chi connectivity index (χ0v) is 11.6. The maximum atomic E-state index is 11.2. The zero-order valence-electron chi connectivity index (χ0n) is 11.6. The number of carbonyl (C=O) groups is 1. The Balaban J connectivity index is 3.08. The molecule has 0 saturated carbocycles. The predicted molar refractivity (Wildman–Crippen MR) is 68.6 cm³/mol. The fourth-order valence-electron chi connectivity index (χ4n) is 1.27. The van der Waals surface area contributed by atoms with E-state index in [0.717, 1.165) is 19.3 Å². The Morgan fingerprint density at radius 2 is 1.50 bits per heavy atom. The molecule has 0 bridgehead atoms. The Kier molecular flexibility index (Phi) is 13.9. The van der Waals surface area contributed by atoms with Crippen LogP contribution in [0.4, 0.5) is 0 Å². The summed E-state index contributed by atoms with van der Waals surface area (Å²) in [6.45, 7) is 5.07. The normalized spacial score (nSPS) is 10.6. The van der Waals surface area contributed by atoms with Crippen molar-refractivity contribution in [1.29, 1.82) is 0 Å². The van der Waals surface area contributed by atoms with Crippen molar-refractivity contribution in [2.75, 3.05) is 46.8 Å². The Bertz CT molecular complexity index is 184. The van der Waals surface area contributed by atoms with Crippen molar-refractivity contribution >= 4 is 5.97 Å². The molecule has 18 heavy (non-hydrogen) atoms. The molecule has 0 aromatic heterocycles. The molecule has 0 radical (unpaired) electrons. The van der Waals surface area contributed by atoms with Crippen LogP contribution in [0.1, 0.15) is 32.6 Å². The van der Waals surface area contributed by atoms with Crippen LogP contribution in [0.3, 0.4) is 0 Å². The average Bonchev–Trinajstić information content (AvgIpc) is 2.37. The fraction of sp³-hybridized carbons (Fsp3) is 0.923. The summed E-state index contributed by atoms with van der Waals surface area (Å²) >= 11 is 0. The van der Waals surface area contributed by atoms with Crippen LogP contribution >= 0.6 is 0 Å². The highest BCUT2D eigenvalue weighted by molar-refractivity contribution is 5.69. The summed E-state index contributed by atoms with van der Waals surface area (Å²) < 4.78 is 20.3. The van der Waals surface area contributed by atoms with E-state index in [1.807, 2.05) is 0 Å². The average molecular weight is 262 g/mol. The van der Waals surface area contributed by atoms with Crippen molar-refractivity contribution in [3.63, 3.8) is 0 Å². The molecule has 0 saturated heterocycles. The van der Waals surface area contributed by atoms with Gasteiger partial charge in [0.15, 0.2) is 0 Å². The Morgan fingerprint density at radius 3 is 2.11 bits per heavy atom. The molecule has 0 rings (SSSR count). The summed E-state index contributed by atoms with van der Waals surface area (Å²) in [6.07, 6.45) is 3.60. The molecule has 0 aromatic carbocycles. The van der Waals surface area contributed by atoms with Crippen molar-refractivity contribution in [3.05, 3.63) is 0 Å². The Labute approximate surface area is 110 Å². The molecule has 0 fully saturated rings. The van der Waals surface area contributed by atoms with Gasteiger partial charge in [-0.3, -0.25) is 4.79 Å². The van der Waals surface area contributed by atoms with E-state index in [-0.39, 0.29) is 5.97 Å². The van der Waals surface area contributed by atoms with E-state index in [9.17, 15) is 4.79 Å². The molecule has 0 heterocycles. The number of ether oxygens (including phenoxy) is 4. The van der Waals surface area contributed by atoms with Crippen LogP contribution < -0.4 is 0 Å². The molecule has 5 nitrogen and oxygen atoms in total. The first-order valence-corrected chi connectivity index (χ1v) is 6.61. The third-order valence-electron chi connectivity index (χ3n) is 2.28. The number of hydrogen-bond acceptors (Lipinski definition) is 5. The van der Waals surface area contributed by atoms with Crippen molar-refractivity contribution in [2.24, 2.45) is 0 Å². The van der Waals surface area contributed by atoms with Gasteiger partial charge in [0.1, 0.15) is 6.61 Å². The lowest BCUT2D eigenvalue weighted by Gasteiger charge is -2.06. The van der Waals surface area contributed by atoms with Gasteiger partial charge in [-0.05, 0) is 6.42 Å². The van der Waals surface area contributed by atoms with E-state index in [1.165, 1.54) is 0 Å². The molecule has 0 N–H and O–H groups in total. The summed E-state index contributed by atoms with van der Waals surface area (Å²) in [6, 6.07) is 0. The Hall–Kier alpha value is -0.650. The molecule has 0 amide bonds. The summed E-state index contributed by atoms with van der Waals surface area (Å²) in [4.78, 5) is 11.2. The lowest BCUT2D eigenvalue weighted by molar-refractivity contribution is -0.145. The number of methoxy groups -OCH3 is 1. The third kappa shape index (κ3) is 13.4. The van der Waals surface area contributed by atoms with Gasteiger partial charge in [0, 0.05) is 13.5 Å². The smallest absolute Gasteiger partial charge is 0.305 e. The number of esters is 1. The molecule has 0 unspecified atom stereocenters. The van der Waals surface area contributed by atoms with Crippen LogP contribution in [0.2, 0.25) is 0 Å². The molecular formula is C13H26O5. The number of unbranched alkanes of at least 4 members (excludes halogenated alkanes) is 2. The van der Waals surface area contributed by atoms with Gasteiger partial charge in [0.05, 0.1) is 33.0 Å². The molecule has 5 heteroatoms. The van der Waals surface area contributed by atoms with Gasteiger partial charge in [-0.1, -0.05) is 19.8 Å².